The molecule has 3 aromatic rings. The maximum atomic E-state index is 13.9. The molecule has 0 saturated heterocycles. The van der Waals surface area contributed by atoms with Gasteiger partial charge in [-0.1, -0.05) is 24.3 Å². The Morgan fingerprint density at radius 1 is 1.15 bits per heavy atom. The Bertz CT molecular complexity index is 764. The molecule has 0 spiro atoms. The summed E-state index contributed by atoms with van der Waals surface area (Å²) in [4.78, 5) is 5.85. The van der Waals surface area contributed by atoms with E-state index in [1.54, 1.807) is 11.3 Å². The van der Waals surface area contributed by atoms with Crippen LogP contribution in [-0.4, -0.2) is 12.0 Å². The lowest BCUT2D eigenvalue weighted by Crippen LogP contribution is -2.04. The number of hydrogen-bond donors (Lipinski definition) is 1. The summed E-state index contributed by atoms with van der Waals surface area (Å²) >= 11 is 1.66. The summed E-state index contributed by atoms with van der Waals surface area (Å²) in [6, 6.07) is 10.9. The fraction of sp³-hybridized carbons (Fsp3) is 0.188. The normalized spacial score (nSPS) is 11.2. The highest BCUT2D eigenvalue weighted by atomic mass is 32.1. The van der Waals surface area contributed by atoms with Crippen molar-refractivity contribution in [3.63, 3.8) is 0 Å². The van der Waals surface area contributed by atoms with Gasteiger partial charge in [-0.3, -0.25) is 0 Å². The molecule has 0 fully saturated rings. The smallest absolute Gasteiger partial charge is 0.131 e. The number of hydrogen-bond acceptors (Lipinski definition) is 3. The van der Waals surface area contributed by atoms with E-state index in [2.05, 4.69) is 10.3 Å². The molecule has 0 atom stereocenters. The van der Waals surface area contributed by atoms with Gasteiger partial charge in [0.05, 0.1) is 5.69 Å². The van der Waals surface area contributed by atoms with Gasteiger partial charge in [0.1, 0.15) is 10.8 Å². The lowest BCUT2D eigenvalue weighted by atomic mass is 10.0. The molecule has 102 valence electrons. The number of nitrogens with one attached hydrogen (secondary N) is 1. The maximum absolute atomic E-state index is 13.9. The molecule has 0 amide bonds. The van der Waals surface area contributed by atoms with E-state index in [-0.39, 0.29) is 5.82 Å². The largest absolute Gasteiger partial charge is 0.315 e. The van der Waals surface area contributed by atoms with Crippen LogP contribution in [0.15, 0.2) is 36.4 Å². The van der Waals surface area contributed by atoms with Crippen molar-refractivity contribution < 1.29 is 4.39 Å². The Balaban J connectivity index is 2.20. The van der Waals surface area contributed by atoms with E-state index in [4.69, 9.17) is 0 Å². The van der Waals surface area contributed by atoms with Crippen LogP contribution in [0.3, 0.4) is 0 Å². The number of aromatic nitrogens is 1. The summed E-state index contributed by atoms with van der Waals surface area (Å²) in [5.41, 5.74) is 2.03. The average molecular weight is 286 g/mol. The topological polar surface area (TPSA) is 24.9 Å². The third-order valence-corrected chi connectivity index (χ3v) is 4.52. The third kappa shape index (κ3) is 2.21. The number of fused-ring (bicyclic) bond motifs is 1. The lowest BCUT2D eigenvalue weighted by Gasteiger charge is -2.04. The molecule has 1 N–H and O–H groups in total. The van der Waals surface area contributed by atoms with Crippen molar-refractivity contribution in [1.29, 1.82) is 0 Å². The number of rotatable bonds is 3. The van der Waals surface area contributed by atoms with Crippen LogP contribution in [0.4, 0.5) is 4.39 Å². The number of aryl methyl sites for hydroxylation is 1. The molecule has 3 rings (SSSR count). The molecule has 4 heteroatoms. The minimum absolute atomic E-state index is 0.187. The van der Waals surface area contributed by atoms with Crippen molar-refractivity contribution in [2.75, 3.05) is 7.05 Å². The Morgan fingerprint density at radius 3 is 2.65 bits per heavy atom. The monoisotopic (exact) mass is 286 g/mol. The second-order valence-electron chi connectivity index (χ2n) is 4.70. The van der Waals surface area contributed by atoms with E-state index in [9.17, 15) is 4.39 Å². The molecule has 0 aliphatic rings. The van der Waals surface area contributed by atoms with Crippen molar-refractivity contribution in [1.82, 2.24) is 10.3 Å². The van der Waals surface area contributed by atoms with Crippen molar-refractivity contribution in [3.8, 4) is 10.6 Å². The zero-order valence-corrected chi connectivity index (χ0v) is 12.2. The van der Waals surface area contributed by atoms with Gasteiger partial charge in [-0.2, -0.15) is 0 Å². The van der Waals surface area contributed by atoms with Gasteiger partial charge in [0.2, 0.25) is 0 Å². The van der Waals surface area contributed by atoms with Crippen LogP contribution in [0.25, 0.3) is 21.3 Å². The molecule has 0 saturated carbocycles. The van der Waals surface area contributed by atoms with E-state index in [0.29, 0.717) is 5.39 Å². The maximum Gasteiger partial charge on any atom is 0.131 e. The van der Waals surface area contributed by atoms with Crippen LogP contribution in [0.1, 0.15) is 10.6 Å². The highest BCUT2D eigenvalue weighted by Crippen LogP contribution is 2.34. The minimum atomic E-state index is -0.187. The fourth-order valence-corrected chi connectivity index (χ4v) is 3.43. The highest BCUT2D eigenvalue weighted by Gasteiger charge is 2.13. The van der Waals surface area contributed by atoms with E-state index >= 15 is 0 Å². The van der Waals surface area contributed by atoms with E-state index in [0.717, 1.165) is 28.2 Å². The third-order valence-electron chi connectivity index (χ3n) is 3.33. The minimum Gasteiger partial charge on any atom is -0.315 e. The molecule has 0 bridgehead atoms. The zero-order chi connectivity index (χ0) is 14.1. The summed E-state index contributed by atoms with van der Waals surface area (Å²) in [6.07, 6.45) is 0. The van der Waals surface area contributed by atoms with E-state index < -0.39 is 0 Å². The molecule has 0 aliphatic heterocycles. The summed E-state index contributed by atoms with van der Waals surface area (Å²) in [5.74, 6) is -0.187. The van der Waals surface area contributed by atoms with Gasteiger partial charge in [0, 0.05) is 22.4 Å². The molecule has 0 unspecified atom stereocenters. The molecular weight excluding hydrogens is 271 g/mol. The molecular formula is C16H15FN2S. The first-order chi connectivity index (χ1) is 9.70. The van der Waals surface area contributed by atoms with E-state index in [1.165, 1.54) is 10.9 Å². The number of benzene rings is 2. The SMILES string of the molecule is CNCc1sc(-c2ccc(F)c3ccccc23)nc1C. The van der Waals surface area contributed by atoms with Gasteiger partial charge in [0.25, 0.3) is 0 Å². The molecule has 1 aromatic heterocycles. The van der Waals surface area contributed by atoms with Crippen LogP contribution in [-0.2, 0) is 6.54 Å². The van der Waals surface area contributed by atoms with Crippen LogP contribution < -0.4 is 5.32 Å². The van der Waals surface area contributed by atoms with Crippen molar-refractivity contribution in [3.05, 3.63) is 52.8 Å². The Kier molecular flexibility index (Phi) is 3.51. The van der Waals surface area contributed by atoms with Gasteiger partial charge in [0.15, 0.2) is 0 Å². The van der Waals surface area contributed by atoms with Crippen molar-refractivity contribution >= 4 is 22.1 Å². The van der Waals surface area contributed by atoms with Crippen molar-refractivity contribution in [2.24, 2.45) is 0 Å². The summed E-state index contributed by atoms with van der Waals surface area (Å²) < 4.78 is 13.9. The Hall–Kier alpha value is -1.78. The van der Waals surface area contributed by atoms with Crippen LogP contribution in [0, 0.1) is 12.7 Å². The van der Waals surface area contributed by atoms with Crippen LogP contribution in [0.5, 0.6) is 0 Å². The van der Waals surface area contributed by atoms with Crippen LogP contribution in [0.2, 0.25) is 0 Å². The van der Waals surface area contributed by atoms with Crippen molar-refractivity contribution in [2.45, 2.75) is 13.5 Å². The molecule has 0 radical (unpaired) electrons. The first-order valence-electron chi connectivity index (χ1n) is 6.49. The quantitative estimate of drug-likeness (QED) is 0.783. The first kappa shape index (κ1) is 13.2. The summed E-state index contributed by atoms with van der Waals surface area (Å²) in [7, 11) is 1.92. The van der Waals surface area contributed by atoms with Crippen LogP contribution >= 0.6 is 11.3 Å². The second-order valence-corrected chi connectivity index (χ2v) is 5.78. The number of thiazole rings is 1. The number of nitrogens with zero attached hydrogens (tertiary/aromatic N) is 1. The molecule has 0 aliphatic carbocycles. The van der Waals surface area contributed by atoms with Gasteiger partial charge in [-0.15, -0.1) is 11.3 Å². The van der Waals surface area contributed by atoms with Gasteiger partial charge >= 0.3 is 0 Å². The Morgan fingerprint density at radius 2 is 1.90 bits per heavy atom. The lowest BCUT2D eigenvalue weighted by molar-refractivity contribution is 0.640. The van der Waals surface area contributed by atoms with Gasteiger partial charge in [-0.25, -0.2) is 9.37 Å². The number of halogens is 1. The summed E-state index contributed by atoms with van der Waals surface area (Å²) in [6.45, 7) is 2.82. The zero-order valence-electron chi connectivity index (χ0n) is 11.4. The predicted molar refractivity (Wildman–Crippen MR) is 82.5 cm³/mol. The first-order valence-corrected chi connectivity index (χ1v) is 7.31. The molecule has 20 heavy (non-hydrogen) atoms. The average Bonchev–Trinajstić information content (AvgIpc) is 2.81. The second kappa shape index (κ2) is 5.31. The predicted octanol–water partition coefficient (Wildman–Crippen LogP) is 4.13. The Labute approximate surface area is 121 Å². The van der Waals surface area contributed by atoms with E-state index in [1.807, 2.05) is 44.3 Å². The van der Waals surface area contributed by atoms with Gasteiger partial charge < -0.3 is 5.32 Å². The standard InChI is InChI=1S/C16H15FN2S/c1-10-15(9-18-2)20-16(19-10)13-7-8-14(17)12-6-4-3-5-11(12)13/h3-8,18H,9H2,1-2H3. The van der Waals surface area contributed by atoms with Gasteiger partial charge in [-0.05, 0) is 31.5 Å². The molecule has 2 aromatic carbocycles. The summed E-state index contributed by atoms with van der Waals surface area (Å²) in [5, 5.41) is 5.65. The molecule has 2 nitrogen and oxygen atoms in total. The fourth-order valence-electron chi connectivity index (χ4n) is 2.32. The molecule has 1 heterocycles. The highest BCUT2D eigenvalue weighted by molar-refractivity contribution is 7.15.